The Hall–Kier alpha value is -2.67. The number of rotatable bonds is 11. The van der Waals surface area contributed by atoms with Crippen molar-refractivity contribution >= 4 is 5.96 Å². The van der Waals surface area contributed by atoms with Crippen molar-refractivity contribution in [3.63, 3.8) is 0 Å². The molecule has 0 unspecified atom stereocenters. The molecule has 1 aliphatic rings. The molecule has 1 saturated carbocycles. The number of furan rings is 1. The highest BCUT2D eigenvalue weighted by Crippen LogP contribution is 2.32. The molecule has 164 valence electrons. The summed E-state index contributed by atoms with van der Waals surface area (Å²) in [4.78, 5) is 4.28. The van der Waals surface area contributed by atoms with Crippen molar-refractivity contribution in [1.82, 2.24) is 10.6 Å². The minimum absolute atomic E-state index is 0.298. The van der Waals surface area contributed by atoms with E-state index in [4.69, 9.17) is 18.6 Å². The lowest BCUT2D eigenvalue weighted by Gasteiger charge is -2.17. The zero-order chi connectivity index (χ0) is 21.0. The molecular weight excluding hydrogens is 382 g/mol. The van der Waals surface area contributed by atoms with E-state index in [0.29, 0.717) is 25.9 Å². The standard InChI is InChI=1S/C23H33N3O4/c1-24-23(25-12-6-13-28-17-20-9-5-14-29-20)26-16-18-10-11-21(27-2)22(15-18)30-19-7-3-4-8-19/h5,9-11,14-15,19H,3-4,6-8,12-13,16-17H2,1-2H3,(H2,24,25,26). The highest BCUT2D eigenvalue weighted by atomic mass is 16.5. The summed E-state index contributed by atoms with van der Waals surface area (Å²) in [6, 6.07) is 9.84. The fourth-order valence-electron chi connectivity index (χ4n) is 3.46. The van der Waals surface area contributed by atoms with Crippen molar-refractivity contribution in [2.75, 3.05) is 27.3 Å². The largest absolute Gasteiger partial charge is 0.493 e. The predicted molar refractivity (Wildman–Crippen MR) is 117 cm³/mol. The summed E-state index contributed by atoms with van der Waals surface area (Å²) >= 11 is 0. The number of methoxy groups -OCH3 is 1. The number of nitrogens with zero attached hydrogens (tertiary/aromatic N) is 1. The van der Waals surface area contributed by atoms with Gasteiger partial charge in [-0.25, -0.2) is 0 Å². The molecule has 1 aromatic heterocycles. The fraction of sp³-hybridized carbons (Fsp3) is 0.522. The molecule has 0 spiro atoms. The number of ether oxygens (including phenoxy) is 3. The van der Waals surface area contributed by atoms with Crippen LogP contribution in [0, 0.1) is 0 Å². The van der Waals surface area contributed by atoms with Crippen LogP contribution >= 0.6 is 0 Å². The Morgan fingerprint density at radius 2 is 2.03 bits per heavy atom. The fourth-order valence-corrected chi connectivity index (χ4v) is 3.46. The number of benzene rings is 1. The molecule has 1 aliphatic carbocycles. The van der Waals surface area contributed by atoms with Crippen molar-refractivity contribution < 1.29 is 18.6 Å². The average molecular weight is 416 g/mol. The Morgan fingerprint density at radius 3 is 2.77 bits per heavy atom. The Morgan fingerprint density at radius 1 is 1.17 bits per heavy atom. The van der Waals surface area contributed by atoms with Gasteiger partial charge in [-0.05, 0) is 61.9 Å². The Bertz CT molecular complexity index is 771. The van der Waals surface area contributed by atoms with Gasteiger partial charge in [-0.3, -0.25) is 4.99 Å². The maximum absolute atomic E-state index is 6.18. The normalized spacial score (nSPS) is 14.7. The van der Waals surface area contributed by atoms with Crippen LogP contribution in [0.1, 0.15) is 43.4 Å². The molecule has 30 heavy (non-hydrogen) atoms. The SMILES string of the molecule is CN=C(NCCCOCc1ccco1)NCc1ccc(OC)c(OC2CCCC2)c1. The van der Waals surface area contributed by atoms with E-state index in [1.54, 1.807) is 20.4 Å². The number of aliphatic imine (C=N–C) groups is 1. The van der Waals surface area contributed by atoms with Gasteiger partial charge in [-0.1, -0.05) is 6.07 Å². The van der Waals surface area contributed by atoms with Crippen LogP contribution in [0.5, 0.6) is 11.5 Å². The number of nitrogens with one attached hydrogen (secondary N) is 2. The van der Waals surface area contributed by atoms with Crippen LogP contribution in [-0.4, -0.2) is 39.4 Å². The molecule has 0 aliphatic heterocycles. The summed E-state index contributed by atoms with van der Waals surface area (Å²) in [5, 5.41) is 6.65. The Kier molecular flexibility index (Phi) is 8.90. The summed E-state index contributed by atoms with van der Waals surface area (Å²) in [6.07, 6.45) is 7.55. The van der Waals surface area contributed by atoms with Crippen molar-refractivity contribution in [2.45, 2.75) is 51.4 Å². The van der Waals surface area contributed by atoms with Crippen molar-refractivity contribution in [1.29, 1.82) is 0 Å². The van der Waals surface area contributed by atoms with E-state index in [2.05, 4.69) is 21.7 Å². The van der Waals surface area contributed by atoms with E-state index >= 15 is 0 Å². The number of guanidine groups is 1. The first-order valence-electron chi connectivity index (χ1n) is 10.7. The third kappa shape index (κ3) is 6.99. The summed E-state index contributed by atoms with van der Waals surface area (Å²) in [5.41, 5.74) is 1.12. The van der Waals surface area contributed by atoms with E-state index in [9.17, 15) is 0 Å². The molecule has 1 aromatic carbocycles. The van der Waals surface area contributed by atoms with Crippen LogP contribution in [0.4, 0.5) is 0 Å². The molecule has 7 nitrogen and oxygen atoms in total. The lowest BCUT2D eigenvalue weighted by atomic mass is 10.2. The van der Waals surface area contributed by atoms with Crippen molar-refractivity contribution in [2.24, 2.45) is 4.99 Å². The van der Waals surface area contributed by atoms with Gasteiger partial charge in [-0.2, -0.15) is 0 Å². The van der Waals surface area contributed by atoms with Crippen LogP contribution in [-0.2, 0) is 17.9 Å². The first kappa shape index (κ1) is 22.0. The summed E-state index contributed by atoms with van der Waals surface area (Å²) in [6.45, 7) is 2.59. The average Bonchev–Trinajstić information content (AvgIpc) is 3.47. The highest BCUT2D eigenvalue weighted by molar-refractivity contribution is 5.79. The lowest BCUT2D eigenvalue weighted by molar-refractivity contribution is 0.105. The van der Waals surface area contributed by atoms with E-state index in [1.807, 2.05) is 24.3 Å². The topological polar surface area (TPSA) is 77.3 Å². The molecule has 0 radical (unpaired) electrons. The molecule has 0 saturated heterocycles. The third-order valence-corrected chi connectivity index (χ3v) is 5.09. The number of hydrogen-bond acceptors (Lipinski definition) is 5. The summed E-state index contributed by atoms with van der Waals surface area (Å²) < 4.78 is 22.5. The summed E-state index contributed by atoms with van der Waals surface area (Å²) in [5.74, 6) is 3.20. The van der Waals surface area contributed by atoms with Gasteiger partial charge in [-0.15, -0.1) is 0 Å². The monoisotopic (exact) mass is 415 g/mol. The molecule has 7 heteroatoms. The highest BCUT2D eigenvalue weighted by Gasteiger charge is 2.18. The zero-order valence-electron chi connectivity index (χ0n) is 18.0. The maximum atomic E-state index is 6.18. The molecule has 1 fully saturated rings. The van der Waals surface area contributed by atoms with Crippen LogP contribution < -0.4 is 20.1 Å². The van der Waals surface area contributed by atoms with E-state index in [0.717, 1.165) is 54.6 Å². The van der Waals surface area contributed by atoms with Gasteiger partial charge in [0.25, 0.3) is 0 Å². The van der Waals surface area contributed by atoms with Gasteiger partial charge in [0.2, 0.25) is 0 Å². The van der Waals surface area contributed by atoms with E-state index in [1.165, 1.54) is 12.8 Å². The smallest absolute Gasteiger partial charge is 0.191 e. The minimum atomic E-state index is 0.298. The molecule has 0 amide bonds. The second-order valence-electron chi connectivity index (χ2n) is 7.35. The minimum Gasteiger partial charge on any atom is -0.493 e. The van der Waals surface area contributed by atoms with E-state index < -0.39 is 0 Å². The van der Waals surface area contributed by atoms with Gasteiger partial charge in [0.15, 0.2) is 17.5 Å². The van der Waals surface area contributed by atoms with Gasteiger partial charge in [0.05, 0.1) is 19.5 Å². The second-order valence-corrected chi connectivity index (χ2v) is 7.35. The maximum Gasteiger partial charge on any atom is 0.191 e. The second kappa shape index (κ2) is 12.1. The molecule has 2 N–H and O–H groups in total. The first-order valence-corrected chi connectivity index (χ1v) is 10.7. The Balaban J connectivity index is 1.39. The van der Waals surface area contributed by atoms with Crippen LogP contribution in [0.2, 0.25) is 0 Å². The van der Waals surface area contributed by atoms with Crippen molar-refractivity contribution in [3.05, 3.63) is 47.9 Å². The molecule has 1 heterocycles. The molecule has 0 bridgehead atoms. The quantitative estimate of drug-likeness (QED) is 0.329. The molecule has 0 atom stereocenters. The van der Waals surface area contributed by atoms with Gasteiger partial charge in [0.1, 0.15) is 12.4 Å². The van der Waals surface area contributed by atoms with Gasteiger partial charge in [0, 0.05) is 26.7 Å². The molecular formula is C23H33N3O4. The van der Waals surface area contributed by atoms with Gasteiger partial charge >= 0.3 is 0 Å². The molecule has 3 rings (SSSR count). The third-order valence-electron chi connectivity index (χ3n) is 5.09. The predicted octanol–water partition coefficient (Wildman–Crippen LogP) is 3.88. The molecule has 2 aromatic rings. The Labute approximate surface area is 178 Å². The van der Waals surface area contributed by atoms with Crippen molar-refractivity contribution in [3.8, 4) is 11.5 Å². The first-order chi connectivity index (χ1) is 14.8. The van der Waals surface area contributed by atoms with Gasteiger partial charge < -0.3 is 29.3 Å². The number of hydrogen-bond donors (Lipinski definition) is 2. The van der Waals surface area contributed by atoms with Crippen LogP contribution in [0.25, 0.3) is 0 Å². The zero-order valence-corrected chi connectivity index (χ0v) is 18.0. The van der Waals surface area contributed by atoms with Crippen LogP contribution in [0.15, 0.2) is 46.0 Å². The van der Waals surface area contributed by atoms with Crippen LogP contribution in [0.3, 0.4) is 0 Å². The summed E-state index contributed by atoms with van der Waals surface area (Å²) in [7, 11) is 3.45. The van der Waals surface area contributed by atoms with E-state index in [-0.39, 0.29) is 0 Å². The lowest BCUT2D eigenvalue weighted by Crippen LogP contribution is -2.37.